The lowest BCUT2D eigenvalue weighted by atomic mass is 10.1. The van der Waals surface area contributed by atoms with Gasteiger partial charge in [0, 0.05) is 26.2 Å². The first kappa shape index (κ1) is 15.4. The molecule has 0 spiro atoms. The van der Waals surface area contributed by atoms with Gasteiger partial charge in [0.2, 0.25) is 11.8 Å². The van der Waals surface area contributed by atoms with Crippen LogP contribution in [0.5, 0.6) is 0 Å². The Morgan fingerprint density at radius 1 is 1.10 bits per heavy atom. The van der Waals surface area contributed by atoms with Crippen molar-refractivity contribution in [2.75, 3.05) is 32.7 Å². The van der Waals surface area contributed by atoms with E-state index in [1.165, 1.54) is 12.1 Å². The van der Waals surface area contributed by atoms with E-state index in [0.29, 0.717) is 19.6 Å². The Hall–Kier alpha value is -1.95. The number of hydrogen-bond donors (Lipinski definition) is 1. The van der Waals surface area contributed by atoms with E-state index in [9.17, 15) is 14.0 Å². The monoisotopic (exact) mass is 293 g/mol. The number of halogens is 1. The summed E-state index contributed by atoms with van der Waals surface area (Å²) in [6.07, 6.45) is 1.10. The number of primary amides is 1. The third-order valence-corrected chi connectivity index (χ3v) is 3.59. The Balaban J connectivity index is 1.88. The molecule has 1 aliphatic heterocycles. The maximum atomic E-state index is 12.8. The first-order chi connectivity index (χ1) is 10.0. The van der Waals surface area contributed by atoms with Gasteiger partial charge in [-0.3, -0.25) is 14.5 Å². The van der Waals surface area contributed by atoms with Crippen molar-refractivity contribution >= 4 is 11.8 Å². The summed E-state index contributed by atoms with van der Waals surface area (Å²) < 4.78 is 12.8. The molecule has 1 aromatic rings. The number of carbonyl (C=O) groups excluding carboxylic acids is 2. The molecule has 0 saturated carbocycles. The maximum Gasteiger partial charge on any atom is 0.231 e. The molecule has 0 aliphatic carbocycles. The average molecular weight is 293 g/mol. The summed E-state index contributed by atoms with van der Waals surface area (Å²) in [6, 6.07) is 5.98. The normalized spacial score (nSPS) is 16.5. The molecule has 0 atom stereocenters. The van der Waals surface area contributed by atoms with Crippen LogP contribution in [0.1, 0.15) is 12.0 Å². The molecule has 114 valence electrons. The summed E-state index contributed by atoms with van der Waals surface area (Å²) in [7, 11) is 0. The highest BCUT2D eigenvalue weighted by atomic mass is 19.1. The Morgan fingerprint density at radius 3 is 2.48 bits per heavy atom. The molecular weight excluding hydrogens is 273 g/mol. The minimum atomic E-state index is -0.346. The van der Waals surface area contributed by atoms with Crippen molar-refractivity contribution in [3.63, 3.8) is 0 Å². The highest BCUT2D eigenvalue weighted by Crippen LogP contribution is 2.08. The van der Waals surface area contributed by atoms with Crippen LogP contribution in [0.3, 0.4) is 0 Å². The van der Waals surface area contributed by atoms with Gasteiger partial charge >= 0.3 is 0 Å². The molecule has 21 heavy (non-hydrogen) atoms. The van der Waals surface area contributed by atoms with Gasteiger partial charge in [0.1, 0.15) is 5.82 Å². The van der Waals surface area contributed by atoms with Gasteiger partial charge in [-0.05, 0) is 24.1 Å². The topological polar surface area (TPSA) is 66.6 Å². The van der Waals surface area contributed by atoms with Crippen LogP contribution in [0.15, 0.2) is 24.3 Å². The summed E-state index contributed by atoms with van der Waals surface area (Å²) >= 11 is 0. The van der Waals surface area contributed by atoms with E-state index in [1.807, 2.05) is 4.90 Å². The molecule has 1 heterocycles. The molecule has 1 aromatic carbocycles. The van der Waals surface area contributed by atoms with E-state index >= 15 is 0 Å². The van der Waals surface area contributed by atoms with Crippen LogP contribution in [0, 0.1) is 5.82 Å². The third-order valence-electron chi connectivity index (χ3n) is 3.59. The Bertz CT molecular complexity index is 504. The summed E-state index contributed by atoms with van der Waals surface area (Å²) in [4.78, 5) is 27.0. The van der Waals surface area contributed by atoms with Crippen LogP contribution in [-0.4, -0.2) is 54.3 Å². The van der Waals surface area contributed by atoms with Gasteiger partial charge in [-0.15, -0.1) is 0 Å². The Kier molecular flexibility index (Phi) is 5.27. The van der Waals surface area contributed by atoms with Crippen molar-refractivity contribution in [2.24, 2.45) is 5.73 Å². The quantitative estimate of drug-likeness (QED) is 0.873. The molecule has 1 fully saturated rings. The zero-order chi connectivity index (χ0) is 15.2. The molecule has 2 rings (SSSR count). The summed E-state index contributed by atoms with van der Waals surface area (Å²) in [5.74, 6) is -0.619. The number of rotatable bonds is 4. The second-order valence-corrected chi connectivity index (χ2v) is 5.28. The lowest BCUT2D eigenvalue weighted by Gasteiger charge is -2.21. The molecule has 0 radical (unpaired) electrons. The van der Waals surface area contributed by atoms with Gasteiger partial charge in [0.15, 0.2) is 0 Å². The van der Waals surface area contributed by atoms with Gasteiger partial charge in [-0.25, -0.2) is 4.39 Å². The van der Waals surface area contributed by atoms with Crippen molar-refractivity contribution in [1.29, 1.82) is 0 Å². The van der Waals surface area contributed by atoms with Gasteiger partial charge < -0.3 is 10.6 Å². The van der Waals surface area contributed by atoms with E-state index in [2.05, 4.69) is 0 Å². The minimum absolute atomic E-state index is 0.0301. The van der Waals surface area contributed by atoms with Gasteiger partial charge in [0.05, 0.1) is 13.0 Å². The maximum absolute atomic E-state index is 12.8. The average Bonchev–Trinajstić information content (AvgIpc) is 2.66. The van der Waals surface area contributed by atoms with E-state index in [4.69, 9.17) is 5.73 Å². The number of carbonyl (C=O) groups is 2. The zero-order valence-electron chi connectivity index (χ0n) is 11.9. The number of amides is 2. The molecule has 0 bridgehead atoms. The van der Waals surface area contributed by atoms with Crippen molar-refractivity contribution in [2.45, 2.75) is 12.8 Å². The standard InChI is InChI=1S/C15H20FN3O2/c16-13-4-2-12(3-5-13)10-15(21)19-7-1-6-18(8-9-19)11-14(17)20/h2-5H,1,6-11H2,(H2,17,20). The summed E-state index contributed by atoms with van der Waals surface area (Å²) in [6.45, 7) is 2.92. The van der Waals surface area contributed by atoms with Gasteiger partial charge in [-0.1, -0.05) is 12.1 Å². The molecular formula is C15H20FN3O2. The second kappa shape index (κ2) is 7.17. The van der Waals surface area contributed by atoms with Gasteiger partial charge in [-0.2, -0.15) is 0 Å². The van der Waals surface area contributed by atoms with Crippen molar-refractivity contribution < 1.29 is 14.0 Å². The fraction of sp³-hybridized carbons (Fsp3) is 0.467. The molecule has 2 amide bonds. The smallest absolute Gasteiger partial charge is 0.231 e. The van der Waals surface area contributed by atoms with Crippen LogP contribution in [0.25, 0.3) is 0 Å². The first-order valence-electron chi connectivity index (χ1n) is 7.07. The highest BCUT2D eigenvalue weighted by Gasteiger charge is 2.19. The first-order valence-corrected chi connectivity index (χ1v) is 7.07. The SMILES string of the molecule is NC(=O)CN1CCCN(C(=O)Cc2ccc(F)cc2)CC1. The van der Waals surface area contributed by atoms with E-state index in [1.54, 1.807) is 17.0 Å². The lowest BCUT2D eigenvalue weighted by molar-refractivity contribution is -0.130. The van der Waals surface area contributed by atoms with Crippen LogP contribution >= 0.6 is 0 Å². The minimum Gasteiger partial charge on any atom is -0.369 e. The Labute approximate surface area is 123 Å². The number of nitrogens with zero attached hydrogens (tertiary/aromatic N) is 2. The van der Waals surface area contributed by atoms with Crippen molar-refractivity contribution in [1.82, 2.24) is 9.80 Å². The molecule has 5 nitrogen and oxygen atoms in total. The Morgan fingerprint density at radius 2 is 1.81 bits per heavy atom. The zero-order valence-corrected chi connectivity index (χ0v) is 11.9. The number of hydrogen-bond acceptors (Lipinski definition) is 3. The summed E-state index contributed by atoms with van der Waals surface area (Å²) in [5, 5.41) is 0. The van der Waals surface area contributed by atoms with Crippen molar-refractivity contribution in [3.8, 4) is 0 Å². The van der Waals surface area contributed by atoms with E-state index in [0.717, 1.165) is 18.5 Å². The van der Waals surface area contributed by atoms with Gasteiger partial charge in [0.25, 0.3) is 0 Å². The van der Waals surface area contributed by atoms with Crippen LogP contribution in [-0.2, 0) is 16.0 Å². The summed E-state index contributed by atoms with van der Waals surface area (Å²) in [5.41, 5.74) is 6.00. The van der Waals surface area contributed by atoms with Crippen LogP contribution < -0.4 is 5.73 Å². The fourth-order valence-corrected chi connectivity index (χ4v) is 2.49. The van der Waals surface area contributed by atoms with E-state index < -0.39 is 0 Å². The molecule has 0 unspecified atom stereocenters. The van der Waals surface area contributed by atoms with Crippen molar-refractivity contribution in [3.05, 3.63) is 35.6 Å². The molecule has 6 heteroatoms. The molecule has 1 aliphatic rings. The predicted octanol–water partition coefficient (Wildman–Crippen LogP) is 0.388. The fourth-order valence-electron chi connectivity index (χ4n) is 2.49. The lowest BCUT2D eigenvalue weighted by Crippen LogP contribution is -2.38. The largest absolute Gasteiger partial charge is 0.369 e. The highest BCUT2D eigenvalue weighted by molar-refractivity contribution is 5.79. The second-order valence-electron chi connectivity index (χ2n) is 5.28. The molecule has 1 saturated heterocycles. The molecule has 0 aromatic heterocycles. The third kappa shape index (κ3) is 4.82. The number of nitrogens with two attached hydrogens (primary N) is 1. The van der Waals surface area contributed by atoms with Crippen LogP contribution in [0.4, 0.5) is 4.39 Å². The van der Waals surface area contributed by atoms with Crippen LogP contribution in [0.2, 0.25) is 0 Å². The number of benzene rings is 1. The molecule has 2 N–H and O–H groups in total. The predicted molar refractivity (Wildman–Crippen MR) is 76.9 cm³/mol. The van der Waals surface area contributed by atoms with E-state index in [-0.39, 0.29) is 30.6 Å².